The highest BCUT2D eigenvalue weighted by atomic mass is 32.1. The van der Waals surface area contributed by atoms with Crippen LogP contribution < -0.4 is 0 Å². The van der Waals surface area contributed by atoms with Gasteiger partial charge in [0, 0.05) is 13.5 Å². The van der Waals surface area contributed by atoms with E-state index in [0.29, 0.717) is 28.4 Å². The number of hydrogen-bond acceptors (Lipinski definition) is 6. The molecule has 0 fully saturated rings. The van der Waals surface area contributed by atoms with E-state index in [1.807, 2.05) is 37.3 Å². The van der Waals surface area contributed by atoms with Crippen LogP contribution in [0.25, 0.3) is 0 Å². The van der Waals surface area contributed by atoms with Crippen molar-refractivity contribution >= 4 is 23.2 Å². The minimum absolute atomic E-state index is 0.122. The van der Waals surface area contributed by atoms with Crippen molar-refractivity contribution in [3.63, 3.8) is 0 Å². The van der Waals surface area contributed by atoms with Crippen LogP contribution >= 0.6 is 11.3 Å². The van der Waals surface area contributed by atoms with E-state index in [1.54, 1.807) is 24.9 Å². The van der Waals surface area contributed by atoms with Crippen molar-refractivity contribution in [3.8, 4) is 0 Å². The van der Waals surface area contributed by atoms with Crippen LogP contribution in [0.5, 0.6) is 0 Å². The average Bonchev–Trinajstić information content (AvgIpc) is 3.23. The summed E-state index contributed by atoms with van der Waals surface area (Å²) in [6, 6.07) is 11.7. The third kappa shape index (κ3) is 4.31. The first-order valence-electron chi connectivity index (χ1n) is 8.82. The van der Waals surface area contributed by atoms with E-state index in [9.17, 15) is 9.59 Å². The summed E-state index contributed by atoms with van der Waals surface area (Å²) in [7, 11) is 3.03. The molecule has 1 aromatic carbocycles. The summed E-state index contributed by atoms with van der Waals surface area (Å²) in [5.74, 6) is 0.426. The predicted octanol–water partition coefficient (Wildman–Crippen LogP) is 4.00. The van der Waals surface area contributed by atoms with E-state index >= 15 is 0 Å². The van der Waals surface area contributed by atoms with Gasteiger partial charge in [-0.3, -0.25) is 4.79 Å². The Hall–Kier alpha value is -2.93. The molecule has 2 heterocycles. The Bertz CT molecular complexity index is 991. The Morgan fingerprint density at radius 3 is 2.61 bits per heavy atom. The standard InChI is InChI=1S/C21H22N2O4S/c1-13-19(28-18(22-13)10-15-8-6-5-7-9-15)20(24)23(3)12-16-11-17(14(2)27-16)21(25)26-4/h5-9,11H,10,12H2,1-4H3. The maximum absolute atomic E-state index is 12.9. The zero-order valence-corrected chi connectivity index (χ0v) is 17.1. The van der Waals surface area contributed by atoms with E-state index in [0.717, 1.165) is 16.3 Å². The van der Waals surface area contributed by atoms with Gasteiger partial charge in [-0.15, -0.1) is 11.3 Å². The number of nitrogens with zero attached hydrogens (tertiary/aromatic N) is 2. The molecule has 0 aliphatic heterocycles. The minimum Gasteiger partial charge on any atom is -0.465 e. The lowest BCUT2D eigenvalue weighted by molar-refractivity contribution is 0.0598. The highest BCUT2D eigenvalue weighted by Crippen LogP contribution is 2.23. The van der Waals surface area contributed by atoms with Crippen LogP contribution in [0.1, 0.15) is 47.8 Å². The van der Waals surface area contributed by atoms with Gasteiger partial charge in [0.05, 0.1) is 24.4 Å². The number of amides is 1. The number of esters is 1. The van der Waals surface area contributed by atoms with Gasteiger partial charge in [0.1, 0.15) is 22.0 Å². The van der Waals surface area contributed by atoms with E-state index in [1.165, 1.54) is 18.4 Å². The summed E-state index contributed by atoms with van der Waals surface area (Å²) >= 11 is 1.41. The summed E-state index contributed by atoms with van der Waals surface area (Å²) in [6.07, 6.45) is 0.698. The minimum atomic E-state index is -0.453. The van der Waals surface area contributed by atoms with Crippen LogP contribution in [-0.4, -0.2) is 35.9 Å². The second kappa shape index (κ2) is 8.39. The van der Waals surface area contributed by atoms with Gasteiger partial charge in [-0.05, 0) is 25.5 Å². The molecule has 0 aliphatic carbocycles. The number of furan rings is 1. The van der Waals surface area contributed by atoms with Crippen LogP contribution in [0.3, 0.4) is 0 Å². The zero-order valence-electron chi connectivity index (χ0n) is 16.3. The summed E-state index contributed by atoms with van der Waals surface area (Å²) in [4.78, 5) is 31.3. The Kier molecular flexibility index (Phi) is 5.94. The number of aryl methyl sites for hydroxylation is 2. The molecule has 0 bridgehead atoms. The summed E-state index contributed by atoms with van der Waals surface area (Å²) in [6.45, 7) is 3.79. The number of hydrogen-bond donors (Lipinski definition) is 0. The molecule has 0 saturated carbocycles. The Morgan fingerprint density at radius 2 is 1.93 bits per heavy atom. The van der Waals surface area contributed by atoms with Crippen LogP contribution in [0.2, 0.25) is 0 Å². The lowest BCUT2D eigenvalue weighted by Gasteiger charge is -2.14. The molecule has 3 aromatic rings. The van der Waals surface area contributed by atoms with Crippen molar-refractivity contribution < 1.29 is 18.7 Å². The highest BCUT2D eigenvalue weighted by molar-refractivity contribution is 7.13. The van der Waals surface area contributed by atoms with Gasteiger partial charge in [0.2, 0.25) is 0 Å². The first-order chi connectivity index (χ1) is 13.4. The first-order valence-corrected chi connectivity index (χ1v) is 9.64. The molecular weight excluding hydrogens is 376 g/mol. The summed E-state index contributed by atoms with van der Waals surface area (Å²) in [5.41, 5.74) is 2.25. The van der Waals surface area contributed by atoms with Crippen LogP contribution in [0, 0.1) is 13.8 Å². The van der Waals surface area contributed by atoms with E-state index < -0.39 is 5.97 Å². The molecule has 1 amide bonds. The maximum Gasteiger partial charge on any atom is 0.341 e. The molecule has 0 unspecified atom stereocenters. The molecule has 0 radical (unpaired) electrons. The third-order valence-corrected chi connectivity index (χ3v) is 5.49. The fourth-order valence-electron chi connectivity index (χ4n) is 2.91. The van der Waals surface area contributed by atoms with Gasteiger partial charge in [0.25, 0.3) is 5.91 Å². The number of benzene rings is 1. The Morgan fingerprint density at radius 1 is 1.21 bits per heavy atom. The molecule has 3 rings (SSSR count). The van der Waals surface area contributed by atoms with Gasteiger partial charge < -0.3 is 14.1 Å². The van der Waals surface area contributed by atoms with Crippen molar-refractivity contribution in [2.75, 3.05) is 14.2 Å². The molecule has 0 atom stereocenters. The van der Waals surface area contributed by atoms with Crippen molar-refractivity contribution in [2.45, 2.75) is 26.8 Å². The Balaban J connectivity index is 1.72. The number of methoxy groups -OCH3 is 1. The number of carbonyl (C=O) groups excluding carboxylic acids is 2. The topological polar surface area (TPSA) is 72.6 Å². The second-order valence-corrected chi connectivity index (χ2v) is 7.60. The lowest BCUT2D eigenvalue weighted by Crippen LogP contribution is -2.25. The molecule has 28 heavy (non-hydrogen) atoms. The molecule has 6 nitrogen and oxygen atoms in total. The first kappa shape index (κ1) is 19.8. The average molecular weight is 398 g/mol. The second-order valence-electron chi connectivity index (χ2n) is 6.52. The summed E-state index contributed by atoms with van der Waals surface area (Å²) < 4.78 is 10.3. The monoisotopic (exact) mass is 398 g/mol. The lowest BCUT2D eigenvalue weighted by atomic mass is 10.2. The van der Waals surface area contributed by atoms with Crippen molar-refractivity contribution in [1.82, 2.24) is 9.88 Å². The van der Waals surface area contributed by atoms with E-state index in [-0.39, 0.29) is 12.5 Å². The largest absolute Gasteiger partial charge is 0.465 e. The predicted molar refractivity (Wildman–Crippen MR) is 107 cm³/mol. The van der Waals surface area contributed by atoms with E-state index in [4.69, 9.17) is 9.15 Å². The molecule has 7 heteroatoms. The highest BCUT2D eigenvalue weighted by Gasteiger charge is 2.22. The number of thiazole rings is 1. The fourth-order valence-corrected chi connectivity index (χ4v) is 4.00. The number of aromatic nitrogens is 1. The van der Waals surface area contributed by atoms with Gasteiger partial charge in [-0.2, -0.15) is 0 Å². The van der Waals surface area contributed by atoms with Crippen molar-refractivity contribution in [3.05, 3.63) is 74.6 Å². The molecule has 0 N–H and O–H groups in total. The van der Waals surface area contributed by atoms with Crippen LogP contribution in [-0.2, 0) is 17.7 Å². The van der Waals surface area contributed by atoms with Gasteiger partial charge in [-0.1, -0.05) is 30.3 Å². The van der Waals surface area contributed by atoms with Gasteiger partial charge in [-0.25, -0.2) is 9.78 Å². The summed E-state index contributed by atoms with van der Waals surface area (Å²) in [5, 5.41) is 0.905. The van der Waals surface area contributed by atoms with Gasteiger partial charge >= 0.3 is 5.97 Å². The number of ether oxygens (including phenoxy) is 1. The molecule has 0 aliphatic rings. The van der Waals surface area contributed by atoms with E-state index in [2.05, 4.69) is 4.98 Å². The van der Waals surface area contributed by atoms with Crippen molar-refractivity contribution in [2.24, 2.45) is 0 Å². The van der Waals surface area contributed by atoms with Gasteiger partial charge in [0.15, 0.2) is 0 Å². The van der Waals surface area contributed by atoms with Crippen LogP contribution in [0.4, 0.5) is 0 Å². The van der Waals surface area contributed by atoms with Crippen molar-refractivity contribution in [1.29, 1.82) is 0 Å². The molecule has 2 aromatic heterocycles. The molecule has 0 spiro atoms. The van der Waals surface area contributed by atoms with Crippen LogP contribution in [0.15, 0.2) is 40.8 Å². The Labute approximate surface area is 167 Å². The normalized spacial score (nSPS) is 10.7. The smallest absolute Gasteiger partial charge is 0.341 e. The fraction of sp³-hybridized carbons (Fsp3) is 0.286. The third-order valence-electron chi connectivity index (χ3n) is 4.35. The number of carbonyl (C=O) groups is 2. The number of rotatable bonds is 6. The zero-order chi connectivity index (χ0) is 20.3. The molecule has 0 saturated heterocycles. The molecule has 146 valence electrons. The quantitative estimate of drug-likeness (QED) is 0.587. The maximum atomic E-state index is 12.9. The SMILES string of the molecule is COC(=O)c1cc(CN(C)C(=O)c2sc(Cc3ccccc3)nc2C)oc1C. The molecular formula is C21H22N2O4S.